The number of hydrogen-bond acceptors (Lipinski definition) is 4. The number of halogens is 2. The number of nitrogens with one attached hydrogen (secondary N) is 2. The van der Waals surface area contributed by atoms with Gasteiger partial charge in [0.15, 0.2) is 6.10 Å². The number of carbonyl (C=O) groups is 3. The maximum absolute atomic E-state index is 13.2. The molecule has 0 saturated carbocycles. The molecular formula is C20H20F2N2O4. The molecule has 1 atom stereocenters. The van der Waals surface area contributed by atoms with Crippen LogP contribution in [0.1, 0.15) is 28.4 Å². The molecule has 2 rings (SSSR count). The van der Waals surface area contributed by atoms with Crippen molar-refractivity contribution in [3.63, 3.8) is 0 Å². The molecule has 0 bridgehead atoms. The van der Waals surface area contributed by atoms with E-state index in [-0.39, 0.29) is 12.1 Å². The third-order valence-corrected chi connectivity index (χ3v) is 3.92. The Bertz CT molecular complexity index is 875. The summed E-state index contributed by atoms with van der Waals surface area (Å²) in [4.78, 5) is 36.0. The standard InChI is InChI=1S/C20H20F2N2O4/c1-11-5-4-6-12(2)18(11)24-17(25)10-23-19(26)13(3)28-20(27)14-7-15(21)9-16(22)8-14/h4-9,13H,10H2,1-3H3,(H,23,26)(H,24,25)/t13-/m1/s1. The lowest BCUT2D eigenvalue weighted by atomic mass is 10.1. The molecule has 0 spiro atoms. The summed E-state index contributed by atoms with van der Waals surface area (Å²) in [5.74, 6) is -4.10. The maximum atomic E-state index is 13.2. The summed E-state index contributed by atoms with van der Waals surface area (Å²) in [5, 5.41) is 5.05. The number of carbonyl (C=O) groups excluding carboxylic acids is 3. The summed E-state index contributed by atoms with van der Waals surface area (Å²) < 4.78 is 31.2. The fourth-order valence-corrected chi connectivity index (χ4v) is 2.46. The SMILES string of the molecule is Cc1cccc(C)c1NC(=O)CNC(=O)[C@@H](C)OC(=O)c1cc(F)cc(F)c1. The predicted octanol–water partition coefficient (Wildman–Crippen LogP) is 2.88. The normalized spacial score (nSPS) is 11.5. The quantitative estimate of drug-likeness (QED) is 0.743. The Balaban J connectivity index is 1.88. The van der Waals surface area contributed by atoms with E-state index < -0.39 is 35.5 Å². The molecule has 2 aromatic carbocycles. The van der Waals surface area contributed by atoms with E-state index in [1.165, 1.54) is 6.92 Å². The van der Waals surface area contributed by atoms with Crippen molar-refractivity contribution in [1.82, 2.24) is 5.32 Å². The van der Waals surface area contributed by atoms with Gasteiger partial charge in [-0.15, -0.1) is 0 Å². The Hall–Kier alpha value is -3.29. The van der Waals surface area contributed by atoms with Crippen LogP contribution >= 0.6 is 0 Å². The number of rotatable bonds is 6. The molecule has 6 nitrogen and oxygen atoms in total. The number of amides is 2. The van der Waals surface area contributed by atoms with Gasteiger partial charge in [-0.05, 0) is 44.0 Å². The molecule has 8 heteroatoms. The van der Waals surface area contributed by atoms with Gasteiger partial charge < -0.3 is 15.4 Å². The summed E-state index contributed by atoms with van der Waals surface area (Å²) in [6.45, 7) is 4.64. The van der Waals surface area contributed by atoms with Crippen LogP contribution in [-0.2, 0) is 14.3 Å². The van der Waals surface area contributed by atoms with Crippen molar-refractivity contribution in [2.24, 2.45) is 0 Å². The van der Waals surface area contributed by atoms with Gasteiger partial charge in [0.05, 0.1) is 12.1 Å². The van der Waals surface area contributed by atoms with E-state index in [0.29, 0.717) is 11.8 Å². The Labute approximate surface area is 160 Å². The molecule has 0 saturated heterocycles. The Morgan fingerprint density at radius 1 is 1.04 bits per heavy atom. The number of benzene rings is 2. The lowest BCUT2D eigenvalue weighted by Crippen LogP contribution is -2.40. The molecule has 0 radical (unpaired) electrons. The highest BCUT2D eigenvalue weighted by Gasteiger charge is 2.20. The number of anilines is 1. The first-order chi connectivity index (χ1) is 13.2. The maximum Gasteiger partial charge on any atom is 0.339 e. The highest BCUT2D eigenvalue weighted by atomic mass is 19.1. The van der Waals surface area contributed by atoms with Crippen LogP contribution in [0.5, 0.6) is 0 Å². The van der Waals surface area contributed by atoms with Crippen LogP contribution in [0.2, 0.25) is 0 Å². The van der Waals surface area contributed by atoms with Gasteiger partial charge in [-0.2, -0.15) is 0 Å². The number of hydrogen-bond donors (Lipinski definition) is 2. The van der Waals surface area contributed by atoms with Gasteiger partial charge in [0.1, 0.15) is 11.6 Å². The lowest BCUT2D eigenvalue weighted by Gasteiger charge is -2.15. The summed E-state index contributed by atoms with van der Waals surface area (Å²) in [6, 6.07) is 7.77. The number of ether oxygens (including phenoxy) is 1. The molecule has 0 aliphatic carbocycles. The summed E-state index contributed by atoms with van der Waals surface area (Å²) in [7, 11) is 0. The Morgan fingerprint density at radius 3 is 2.18 bits per heavy atom. The van der Waals surface area contributed by atoms with Crippen LogP contribution in [-0.4, -0.2) is 30.4 Å². The van der Waals surface area contributed by atoms with E-state index in [1.54, 1.807) is 0 Å². The van der Waals surface area contributed by atoms with Crippen LogP contribution < -0.4 is 10.6 Å². The van der Waals surface area contributed by atoms with Crippen LogP contribution in [0.25, 0.3) is 0 Å². The van der Waals surface area contributed by atoms with Crippen molar-refractivity contribution < 1.29 is 27.9 Å². The Kier molecular flexibility index (Phi) is 6.81. The minimum atomic E-state index is -1.26. The van der Waals surface area contributed by atoms with E-state index in [1.807, 2.05) is 32.0 Å². The molecule has 28 heavy (non-hydrogen) atoms. The van der Waals surface area contributed by atoms with E-state index in [9.17, 15) is 23.2 Å². The summed E-state index contributed by atoms with van der Waals surface area (Å²) >= 11 is 0. The first-order valence-corrected chi connectivity index (χ1v) is 8.48. The van der Waals surface area contributed by atoms with Crippen molar-refractivity contribution in [1.29, 1.82) is 0 Å². The van der Waals surface area contributed by atoms with Gasteiger partial charge in [-0.3, -0.25) is 9.59 Å². The van der Waals surface area contributed by atoms with Gasteiger partial charge in [0.25, 0.3) is 5.91 Å². The highest BCUT2D eigenvalue weighted by Crippen LogP contribution is 2.19. The van der Waals surface area contributed by atoms with Crippen molar-refractivity contribution in [2.75, 3.05) is 11.9 Å². The molecule has 0 heterocycles. The highest BCUT2D eigenvalue weighted by molar-refractivity contribution is 5.97. The average Bonchev–Trinajstić information content (AvgIpc) is 2.62. The second kappa shape index (κ2) is 9.07. The van der Waals surface area contributed by atoms with Gasteiger partial charge in [-0.25, -0.2) is 13.6 Å². The zero-order valence-electron chi connectivity index (χ0n) is 15.6. The van der Waals surface area contributed by atoms with Crippen LogP contribution in [0, 0.1) is 25.5 Å². The molecule has 0 aromatic heterocycles. The van der Waals surface area contributed by atoms with E-state index in [2.05, 4.69) is 10.6 Å². The minimum Gasteiger partial charge on any atom is -0.449 e. The summed E-state index contributed by atoms with van der Waals surface area (Å²) in [5.41, 5.74) is 2.06. The van der Waals surface area contributed by atoms with Crippen LogP contribution in [0.3, 0.4) is 0 Å². The van der Waals surface area contributed by atoms with Crippen LogP contribution in [0.15, 0.2) is 36.4 Å². The van der Waals surface area contributed by atoms with E-state index >= 15 is 0 Å². The summed E-state index contributed by atoms with van der Waals surface area (Å²) in [6.07, 6.45) is -1.26. The lowest BCUT2D eigenvalue weighted by molar-refractivity contribution is -0.130. The van der Waals surface area contributed by atoms with Gasteiger partial charge in [0, 0.05) is 11.8 Å². The fourth-order valence-electron chi connectivity index (χ4n) is 2.46. The second-order valence-electron chi connectivity index (χ2n) is 6.24. The molecule has 2 aromatic rings. The van der Waals surface area contributed by atoms with Gasteiger partial charge in [0.2, 0.25) is 5.91 Å². The minimum absolute atomic E-state index is 0.330. The van der Waals surface area contributed by atoms with E-state index in [0.717, 1.165) is 23.3 Å². The molecule has 2 N–H and O–H groups in total. The van der Waals surface area contributed by atoms with Crippen molar-refractivity contribution in [3.05, 3.63) is 64.7 Å². The molecular weight excluding hydrogens is 370 g/mol. The van der Waals surface area contributed by atoms with Gasteiger partial charge >= 0.3 is 5.97 Å². The monoisotopic (exact) mass is 390 g/mol. The Morgan fingerprint density at radius 2 is 1.61 bits per heavy atom. The average molecular weight is 390 g/mol. The third kappa shape index (κ3) is 5.60. The van der Waals surface area contributed by atoms with Gasteiger partial charge in [-0.1, -0.05) is 18.2 Å². The number of esters is 1. The molecule has 0 unspecified atom stereocenters. The number of para-hydroxylation sites is 1. The van der Waals surface area contributed by atoms with Crippen molar-refractivity contribution >= 4 is 23.5 Å². The smallest absolute Gasteiger partial charge is 0.339 e. The molecule has 2 amide bonds. The molecule has 0 aliphatic heterocycles. The largest absolute Gasteiger partial charge is 0.449 e. The number of aryl methyl sites for hydroxylation is 2. The molecule has 0 aliphatic rings. The van der Waals surface area contributed by atoms with Crippen molar-refractivity contribution in [3.8, 4) is 0 Å². The van der Waals surface area contributed by atoms with Crippen molar-refractivity contribution in [2.45, 2.75) is 26.9 Å². The predicted molar refractivity (Wildman–Crippen MR) is 98.8 cm³/mol. The first kappa shape index (κ1) is 21.0. The fraction of sp³-hybridized carbons (Fsp3) is 0.250. The first-order valence-electron chi connectivity index (χ1n) is 8.48. The zero-order valence-corrected chi connectivity index (χ0v) is 15.6. The topological polar surface area (TPSA) is 84.5 Å². The zero-order chi connectivity index (χ0) is 20.8. The molecule has 0 fully saturated rings. The third-order valence-electron chi connectivity index (χ3n) is 3.92. The van der Waals surface area contributed by atoms with Crippen LogP contribution in [0.4, 0.5) is 14.5 Å². The van der Waals surface area contributed by atoms with E-state index in [4.69, 9.17) is 4.74 Å². The molecule has 148 valence electrons. The second-order valence-corrected chi connectivity index (χ2v) is 6.24.